The second-order valence-electron chi connectivity index (χ2n) is 5.13. The number of rotatable bonds is 6. The number of hydrogen-bond donors (Lipinski definition) is 3. The van der Waals surface area contributed by atoms with Gasteiger partial charge in [0, 0.05) is 19.2 Å². The average molecular weight is 277 g/mol. The summed E-state index contributed by atoms with van der Waals surface area (Å²) in [6, 6.07) is 7.10. The van der Waals surface area contributed by atoms with Gasteiger partial charge < -0.3 is 16.4 Å². The number of amides is 2. The maximum absolute atomic E-state index is 11.9. The van der Waals surface area contributed by atoms with E-state index in [1.165, 1.54) is 0 Å². The summed E-state index contributed by atoms with van der Waals surface area (Å²) in [6.45, 7) is 4.14. The first-order valence-electron chi connectivity index (χ1n) is 6.79. The molecular formula is C15H23N3O2. The minimum atomic E-state index is -0.837. The van der Waals surface area contributed by atoms with E-state index in [0.29, 0.717) is 18.5 Å². The summed E-state index contributed by atoms with van der Waals surface area (Å²) < 4.78 is 0. The van der Waals surface area contributed by atoms with Crippen molar-refractivity contribution in [2.45, 2.75) is 38.8 Å². The van der Waals surface area contributed by atoms with Gasteiger partial charge in [-0.25, -0.2) is 0 Å². The van der Waals surface area contributed by atoms with E-state index < -0.39 is 5.54 Å². The maximum Gasteiger partial charge on any atom is 0.251 e. The molecule has 1 aromatic rings. The Morgan fingerprint density at radius 2 is 1.85 bits per heavy atom. The van der Waals surface area contributed by atoms with E-state index in [9.17, 15) is 9.59 Å². The predicted octanol–water partition coefficient (Wildman–Crippen LogP) is 1.18. The van der Waals surface area contributed by atoms with Gasteiger partial charge in [0.1, 0.15) is 0 Å². The summed E-state index contributed by atoms with van der Waals surface area (Å²) >= 11 is 0. The van der Waals surface area contributed by atoms with Crippen LogP contribution in [0, 0.1) is 0 Å². The maximum atomic E-state index is 11.9. The van der Waals surface area contributed by atoms with Gasteiger partial charge >= 0.3 is 0 Å². The molecule has 0 aromatic heterocycles. The van der Waals surface area contributed by atoms with Crippen LogP contribution >= 0.6 is 0 Å². The lowest BCUT2D eigenvalue weighted by atomic mass is 9.96. The third kappa shape index (κ3) is 4.35. The number of benzene rings is 1. The van der Waals surface area contributed by atoms with Crippen molar-refractivity contribution in [1.82, 2.24) is 10.6 Å². The van der Waals surface area contributed by atoms with Crippen molar-refractivity contribution < 1.29 is 9.59 Å². The summed E-state index contributed by atoms with van der Waals surface area (Å²) in [4.78, 5) is 23.3. The highest BCUT2D eigenvalue weighted by Crippen LogP contribution is 2.09. The second kappa shape index (κ2) is 7.05. The highest BCUT2D eigenvalue weighted by molar-refractivity contribution is 5.94. The molecule has 1 atom stereocenters. The van der Waals surface area contributed by atoms with Gasteiger partial charge in [-0.15, -0.1) is 0 Å². The van der Waals surface area contributed by atoms with Crippen molar-refractivity contribution in [3.8, 4) is 0 Å². The van der Waals surface area contributed by atoms with Crippen LogP contribution in [0.4, 0.5) is 0 Å². The zero-order valence-corrected chi connectivity index (χ0v) is 12.3. The summed E-state index contributed by atoms with van der Waals surface area (Å²) in [7, 11) is 1.59. The SMILES string of the molecule is CCCC(C)(N)C(=O)NCc1ccc(C(=O)NC)cc1. The normalized spacial score (nSPS) is 13.4. The van der Waals surface area contributed by atoms with Gasteiger partial charge in [-0.2, -0.15) is 0 Å². The Kier molecular flexibility index (Phi) is 5.70. The summed E-state index contributed by atoms with van der Waals surface area (Å²) in [6.07, 6.45) is 1.51. The molecule has 0 bridgehead atoms. The third-order valence-electron chi connectivity index (χ3n) is 3.18. The van der Waals surface area contributed by atoms with Crippen molar-refractivity contribution in [2.75, 3.05) is 7.05 Å². The highest BCUT2D eigenvalue weighted by Gasteiger charge is 2.26. The molecule has 1 rings (SSSR count). The zero-order chi connectivity index (χ0) is 15.2. The van der Waals surface area contributed by atoms with Crippen LogP contribution < -0.4 is 16.4 Å². The van der Waals surface area contributed by atoms with Crippen molar-refractivity contribution in [1.29, 1.82) is 0 Å². The Morgan fingerprint density at radius 1 is 1.25 bits per heavy atom. The smallest absolute Gasteiger partial charge is 0.251 e. The Morgan fingerprint density at radius 3 is 2.35 bits per heavy atom. The first-order valence-corrected chi connectivity index (χ1v) is 6.79. The number of carbonyl (C=O) groups is 2. The van der Waals surface area contributed by atoms with E-state index in [1.807, 2.05) is 19.1 Å². The standard InChI is InChI=1S/C15H23N3O2/c1-4-9-15(2,16)14(20)18-10-11-5-7-12(8-6-11)13(19)17-3/h5-8H,4,9-10,16H2,1-3H3,(H,17,19)(H,18,20). The molecule has 0 saturated carbocycles. The molecule has 0 aliphatic carbocycles. The Bertz CT molecular complexity index is 467. The largest absolute Gasteiger partial charge is 0.355 e. The number of nitrogens with two attached hydrogens (primary N) is 1. The molecule has 5 nitrogen and oxygen atoms in total. The van der Waals surface area contributed by atoms with Gasteiger partial charge in [0.25, 0.3) is 5.91 Å². The molecule has 20 heavy (non-hydrogen) atoms. The summed E-state index contributed by atoms with van der Waals surface area (Å²) in [5.41, 5.74) is 6.64. The lowest BCUT2D eigenvalue weighted by Crippen LogP contribution is -2.51. The van der Waals surface area contributed by atoms with Gasteiger partial charge in [0.05, 0.1) is 5.54 Å². The fraction of sp³-hybridized carbons (Fsp3) is 0.467. The van der Waals surface area contributed by atoms with Crippen molar-refractivity contribution in [3.05, 3.63) is 35.4 Å². The molecule has 1 aromatic carbocycles. The molecule has 0 aliphatic rings. The van der Waals surface area contributed by atoms with E-state index in [-0.39, 0.29) is 11.8 Å². The molecule has 4 N–H and O–H groups in total. The van der Waals surface area contributed by atoms with E-state index >= 15 is 0 Å². The van der Waals surface area contributed by atoms with Crippen LogP contribution in [0.3, 0.4) is 0 Å². The molecule has 0 spiro atoms. The third-order valence-corrected chi connectivity index (χ3v) is 3.18. The Labute approximate surface area is 119 Å². The molecule has 0 saturated heterocycles. The highest BCUT2D eigenvalue weighted by atomic mass is 16.2. The van der Waals surface area contributed by atoms with Gasteiger partial charge in [0.2, 0.25) is 5.91 Å². The molecule has 2 amide bonds. The molecule has 110 valence electrons. The number of nitrogens with one attached hydrogen (secondary N) is 2. The Hall–Kier alpha value is -1.88. The van der Waals surface area contributed by atoms with Gasteiger partial charge in [-0.05, 0) is 31.0 Å². The quantitative estimate of drug-likeness (QED) is 0.730. The molecule has 5 heteroatoms. The molecular weight excluding hydrogens is 254 g/mol. The van der Waals surface area contributed by atoms with Crippen LogP contribution in [0.15, 0.2) is 24.3 Å². The van der Waals surface area contributed by atoms with E-state index in [1.54, 1.807) is 26.1 Å². The van der Waals surface area contributed by atoms with E-state index in [4.69, 9.17) is 5.73 Å². The van der Waals surface area contributed by atoms with Gasteiger partial charge in [-0.1, -0.05) is 25.5 Å². The second-order valence-corrected chi connectivity index (χ2v) is 5.13. The molecule has 1 unspecified atom stereocenters. The van der Waals surface area contributed by atoms with Crippen LogP contribution in [0.25, 0.3) is 0 Å². The van der Waals surface area contributed by atoms with E-state index in [2.05, 4.69) is 10.6 Å². The molecule has 0 fully saturated rings. The predicted molar refractivity (Wildman–Crippen MR) is 79.2 cm³/mol. The van der Waals surface area contributed by atoms with Crippen LogP contribution in [0.1, 0.15) is 42.6 Å². The van der Waals surface area contributed by atoms with Crippen LogP contribution in [0.2, 0.25) is 0 Å². The fourth-order valence-electron chi connectivity index (χ4n) is 1.94. The van der Waals surface area contributed by atoms with Crippen molar-refractivity contribution >= 4 is 11.8 Å². The van der Waals surface area contributed by atoms with Gasteiger partial charge in [0.15, 0.2) is 0 Å². The summed E-state index contributed by atoms with van der Waals surface area (Å²) in [5.74, 6) is -0.284. The molecule has 0 radical (unpaired) electrons. The number of hydrogen-bond acceptors (Lipinski definition) is 3. The lowest BCUT2D eigenvalue weighted by Gasteiger charge is -2.22. The average Bonchev–Trinajstić information content (AvgIpc) is 2.44. The van der Waals surface area contributed by atoms with Gasteiger partial charge in [-0.3, -0.25) is 9.59 Å². The Balaban J connectivity index is 2.58. The van der Waals surface area contributed by atoms with Crippen LogP contribution in [-0.2, 0) is 11.3 Å². The van der Waals surface area contributed by atoms with Crippen LogP contribution in [0.5, 0.6) is 0 Å². The van der Waals surface area contributed by atoms with Crippen molar-refractivity contribution in [3.63, 3.8) is 0 Å². The van der Waals surface area contributed by atoms with Crippen molar-refractivity contribution in [2.24, 2.45) is 5.73 Å². The topological polar surface area (TPSA) is 84.2 Å². The lowest BCUT2D eigenvalue weighted by molar-refractivity contribution is -0.126. The fourth-order valence-corrected chi connectivity index (χ4v) is 1.94. The monoisotopic (exact) mass is 277 g/mol. The molecule has 0 aliphatic heterocycles. The summed E-state index contributed by atoms with van der Waals surface area (Å²) in [5, 5.41) is 5.38. The van der Waals surface area contributed by atoms with E-state index in [0.717, 1.165) is 12.0 Å². The van der Waals surface area contributed by atoms with Crippen LogP contribution in [-0.4, -0.2) is 24.4 Å². The first-order chi connectivity index (χ1) is 9.40. The number of carbonyl (C=O) groups excluding carboxylic acids is 2. The molecule has 0 heterocycles. The first kappa shape index (κ1) is 16.2. The zero-order valence-electron chi connectivity index (χ0n) is 12.3. The minimum Gasteiger partial charge on any atom is -0.355 e. The minimum absolute atomic E-state index is 0.127.